The van der Waals surface area contributed by atoms with E-state index in [2.05, 4.69) is 36.6 Å². The number of rotatable bonds is 3. The number of nitrogens with two attached hydrogens (primary N) is 1. The highest BCUT2D eigenvalue weighted by atomic mass is 16.5. The number of amides is 1. The van der Waals surface area contributed by atoms with Crippen LogP contribution < -0.4 is 10.6 Å². The summed E-state index contributed by atoms with van der Waals surface area (Å²) in [6.45, 7) is 12.6. The van der Waals surface area contributed by atoms with Gasteiger partial charge in [-0.3, -0.25) is 4.79 Å². The SMILES string of the molecule is C=C1C2=C(OC(C)=CC2)c2ccc(-c3ccc(C(N)=O)cc3)c(C)c2N1C1CC1.CC. The molecule has 0 aromatic heterocycles. The van der Waals surface area contributed by atoms with Crippen LogP contribution in [-0.4, -0.2) is 11.9 Å². The fraction of sp³-hybridized carbons (Fsp3) is 0.296. The second-order valence-electron chi connectivity index (χ2n) is 8.05. The smallest absolute Gasteiger partial charge is 0.248 e. The number of ether oxygens (including phenoxy) is 1. The van der Waals surface area contributed by atoms with E-state index < -0.39 is 5.91 Å². The Hall–Kier alpha value is -3.27. The van der Waals surface area contributed by atoms with Crippen LogP contribution in [0.4, 0.5) is 5.69 Å². The molecule has 4 heteroatoms. The maximum Gasteiger partial charge on any atom is 0.248 e. The van der Waals surface area contributed by atoms with Crippen molar-refractivity contribution < 1.29 is 9.53 Å². The Morgan fingerprint density at radius 2 is 1.71 bits per heavy atom. The molecule has 0 unspecified atom stereocenters. The zero-order chi connectivity index (χ0) is 22.3. The highest BCUT2D eigenvalue weighted by Crippen LogP contribution is 2.51. The van der Waals surface area contributed by atoms with Gasteiger partial charge < -0.3 is 15.4 Å². The van der Waals surface area contributed by atoms with Crippen molar-refractivity contribution in [3.8, 4) is 11.1 Å². The normalized spacial score (nSPS) is 17.1. The summed E-state index contributed by atoms with van der Waals surface area (Å²) in [5.74, 6) is 1.47. The van der Waals surface area contributed by atoms with E-state index in [4.69, 9.17) is 10.5 Å². The van der Waals surface area contributed by atoms with Crippen molar-refractivity contribution >= 4 is 17.4 Å². The van der Waals surface area contributed by atoms with Gasteiger partial charge in [-0.05, 0) is 74.1 Å². The molecule has 0 saturated heterocycles. The lowest BCUT2D eigenvalue weighted by Crippen LogP contribution is -2.31. The molecule has 2 aliphatic heterocycles. The third kappa shape index (κ3) is 3.56. The number of primary amides is 1. The molecule has 4 nitrogen and oxygen atoms in total. The molecule has 2 N–H and O–H groups in total. The first-order chi connectivity index (χ1) is 15.0. The second kappa shape index (κ2) is 8.10. The van der Waals surface area contributed by atoms with Gasteiger partial charge in [0, 0.05) is 28.4 Å². The number of fused-ring (bicyclic) bond motifs is 2. The fourth-order valence-corrected chi connectivity index (χ4v) is 4.41. The number of benzene rings is 2. The predicted molar refractivity (Wildman–Crippen MR) is 128 cm³/mol. The Bertz CT molecular complexity index is 1120. The summed E-state index contributed by atoms with van der Waals surface area (Å²) in [6, 6.07) is 12.3. The van der Waals surface area contributed by atoms with Crippen molar-refractivity contribution in [1.29, 1.82) is 0 Å². The molecule has 160 valence electrons. The van der Waals surface area contributed by atoms with E-state index in [1.807, 2.05) is 32.9 Å². The molecule has 2 aromatic carbocycles. The summed E-state index contributed by atoms with van der Waals surface area (Å²) in [7, 11) is 0. The molecule has 1 saturated carbocycles. The summed E-state index contributed by atoms with van der Waals surface area (Å²) in [5, 5.41) is 0. The number of hydrogen-bond acceptors (Lipinski definition) is 3. The number of allylic oxidation sites excluding steroid dienone is 3. The van der Waals surface area contributed by atoms with Crippen LogP contribution in [0.1, 0.15) is 61.5 Å². The van der Waals surface area contributed by atoms with Crippen molar-refractivity contribution in [2.75, 3.05) is 4.90 Å². The van der Waals surface area contributed by atoms with Crippen LogP contribution in [0.2, 0.25) is 0 Å². The monoisotopic (exact) mass is 414 g/mol. The van der Waals surface area contributed by atoms with Gasteiger partial charge in [-0.25, -0.2) is 0 Å². The molecule has 0 radical (unpaired) electrons. The third-order valence-electron chi connectivity index (χ3n) is 6.08. The average molecular weight is 415 g/mol. The number of hydrogen-bond donors (Lipinski definition) is 1. The van der Waals surface area contributed by atoms with Gasteiger partial charge in [-0.1, -0.05) is 38.6 Å². The summed E-state index contributed by atoms with van der Waals surface area (Å²) < 4.78 is 6.18. The average Bonchev–Trinajstić information content (AvgIpc) is 3.61. The Labute approximate surface area is 184 Å². The van der Waals surface area contributed by atoms with Crippen molar-refractivity contribution in [1.82, 2.24) is 0 Å². The number of nitrogens with zero attached hydrogens (tertiary/aromatic N) is 1. The Morgan fingerprint density at radius 1 is 1.06 bits per heavy atom. The van der Waals surface area contributed by atoms with Crippen LogP contribution in [0.25, 0.3) is 16.9 Å². The van der Waals surface area contributed by atoms with Crippen molar-refractivity contribution in [2.24, 2.45) is 5.73 Å². The molecular weight excluding hydrogens is 384 g/mol. The summed E-state index contributed by atoms with van der Waals surface area (Å²) in [5.41, 5.74) is 13.9. The molecule has 2 heterocycles. The highest BCUT2D eigenvalue weighted by Gasteiger charge is 2.39. The molecule has 0 spiro atoms. The predicted octanol–water partition coefficient (Wildman–Crippen LogP) is 6.32. The zero-order valence-corrected chi connectivity index (χ0v) is 18.8. The zero-order valence-electron chi connectivity index (χ0n) is 18.8. The van der Waals surface area contributed by atoms with Gasteiger partial charge in [0.2, 0.25) is 5.91 Å². The van der Waals surface area contributed by atoms with E-state index in [1.54, 1.807) is 12.1 Å². The molecular formula is C27H30N2O2. The maximum absolute atomic E-state index is 11.4. The van der Waals surface area contributed by atoms with Crippen LogP contribution in [0.3, 0.4) is 0 Å². The molecule has 3 aliphatic rings. The summed E-state index contributed by atoms with van der Waals surface area (Å²) >= 11 is 0. The quantitative estimate of drug-likeness (QED) is 0.639. The first-order valence-electron chi connectivity index (χ1n) is 11.1. The fourth-order valence-electron chi connectivity index (χ4n) is 4.41. The highest BCUT2D eigenvalue weighted by molar-refractivity contribution is 5.94. The first-order valence-corrected chi connectivity index (χ1v) is 11.1. The minimum Gasteiger partial charge on any atom is -0.461 e. The van der Waals surface area contributed by atoms with Gasteiger partial charge in [-0.2, -0.15) is 0 Å². The van der Waals surface area contributed by atoms with Gasteiger partial charge in [0.25, 0.3) is 0 Å². The van der Waals surface area contributed by atoms with Gasteiger partial charge in [-0.15, -0.1) is 0 Å². The van der Waals surface area contributed by atoms with Crippen LogP contribution in [0.5, 0.6) is 0 Å². The van der Waals surface area contributed by atoms with E-state index in [1.165, 1.54) is 29.7 Å². The van der Waals surface area contributed by atoms with Gasteiger partial charge >= 0.3 is 0 Å². The van der Waals surface area contributed by atoms with Crippen molar-refractivity contribution in [3.63, 3.8) is 0 Å². The van der Waals surface area contributed by atoms with Crippen LogP contribution in [0.15, 0.2) is 66.1 Å². The molecule has 31 heavy (non-hydrogen) atoms. The standard InChI is InChI=1S/C25H24N2O2.C2H6/c1-14-4-11-21-16(3)27(19-9-10-19)23-15(2)20(12-13-22(23)24(21)29-14)17-5-7-18(8-6-17)25(26)28;1-2/h4-8,12-13,19H,3,9-11H2,1-2H3,(H2,26,28);1-2H3. The van der Waals surface area contributed by atoms with E-state index in [0.717, 1.165) is 40.3 Å². The summed E-state index contributed by atoms with van der Waals surface area (Å²) in [4.78, 5) is 13.8. The van der Waals surface area contributed by atoms with Crippen LogP contribution in [-0.2, 0) is 4.74 Å². The first kappa shape index (κ1) is 21.0. The lowest BCUT2D eigenvalue weighted by molar-refractivity contribution is 0.100. The molecule has 5 rings (SSSR count). The number of anilines is 1. The Kier molecular flexibility index (Phi) is 5.48. The van der Waals surface area contributed by atoms with E-state index in [9.17, 15) is 4.79 Å². The molecule has 1 aliphatic carbocycles. The maximum atomic E-state index is 11.4. The Balaban J connectivity index is 0.00000112. The lowest BCUT2D eigenvalue weighted by atomic mass is 9.88. The minimum absolute atomic E-state index is 0.410. The second-order valence-corrected chi connectivity index (χ2v) is 8.05. The van der Waals surface area contributed by atoms with Crippen LogP contribution in [0, 0.1) is 6.92 Å². The Morgan fingerprint density at radius 3 is 2.32 bits per heavy atom. The van der Waals surface area contributed by atoms with E-state index >= 15 is 0 Å². The van der Waals surface area contributed by atoms with E-state index in [0.29, 0.717) is 11.6 Å². The van der Waals surface area contributed by atoms with E-state index in [-0.39, 0.29) is 0 Å². The molecule has 1 amide bonds. The van der Waals surface area contributed by atoms with Gasteiger partial charge in [0.05, 0.1) is 11.4 Å². The lowest BCUT2D eigenvalue weighted by Gasteiger charge is -2.39. The summed E-state index contributed by atoms with van der Waals surface area (Å²) in [6.07, 6.45) is 5.36. The molecule has 0 atom stereocenters. The number of carbonyl (C=O) groups is 1. The third-order valence-corrected chi connectivity index (χ3v) is 6.08. The van der Waals surface area contributed by atoms with Crippen molar-refractivity contribution in [2.45, 2.75) is 53.0 Å². The minimum atomic E-state index is -0.410. The van der Waals surface area contributed by atoms with Gasteiger partial charge in [0.1, 0.15) is 5.76 Å². The molecule has 1 fully saturated rings. The molecule has 2 aromatic rings. The molecule has 0 bridgehead atoms. The number of carbonyl (C=O) groups excluding carboxylic acids is 1. The van der Waals surface area contributed by atoms with Crippen LogP contribution >= 0.6 is 0 Å². The largest absolute Gasteiger partial charge is 0.461 e. The topological polar surface area (TPSA) is 55.6 Å². The van der Waals surface area contributed by atoms with Crippen molar-refractivity contribution in [3.05, 3.63) is 82.8 Å². The van der Waals surface area contributed by atoms with Gasteiger partial charge in [0.15, 0.2) is 0 Å².